The third-order valence-corrected chi connectivity index (χ3v) is 5.04. The molecule has 2 unspecified atom stereocenters. The molecule has 146 valence electrons. The normalized spacial score (nSPS) is 21.9. The lowest BCUT2D eigenvalue weighted by Crippen LogP contribution is -2.54. The van der Waals surface area contributed by atoms with Gasteiger partial charge in [0.25, 0.3) is 0 Å². The van der Waals surface area contributed by atoms with E-state index in [1.54, 1.807) is 24.0 Å². The standard InChI is InChI=1S/C20H23F3N2O2/c1-15(12-17-8-5-11-27-17)24-18(26)19(20(21,22)23)9-10-25(14-19)13-16-6-3-2-4-7-16/h2-8,11,15H,9-10,12-14H2,1H3,(H,24,26). The fourth-order valence-corrected chi connectivity index (χ4v) is 3.55. The quantitative estimate of drug-likeness (QED) is 0.830. The second-order valence-electron chi connectivity index (χ2n) is 7.18. The van der Waals surface area contributed by atoms with E-state index in [0.29, 0.717) is 18.7 Å². The first kappa shape index (κ1) is 19.5. The van der Waals surface area contributed by atoms with Crippen LogP contribution in [0, 0.1) is 5.41 Å². The molecule has 4 nitrogen and oxygen atoms in total. The maximum absolute atomic E-state index is 13.9. The van der Waals surface area contributed by atoms with E-state index in [2.05, 4.69) is 5.32 Å². The number of rotatable bonds is 6. The molecular weight excluding hydrogens is 357 g/mol. The van der Waals surface area contributed by atoms with Gasteiger partial charge in [-0.15, -0.1) is 0 Å². The van der Waals surface area contributed by atoms with Gasteiger partial charge in [-0.3, -0.25) is 9.69 Å². The molecular formula is C20H23F3N2O2. The summed E-state index contributed by atoms with van der Waals surface area (Å²) in [7, 11) is 0. The number of hydrogen-bond donors (Lipinski definition) is 1. The largest absolute Gasteiger partial charge is 0.469 e. The summed E-state index contributed by atoms with van der Waals surface area (Å²) in [6, 6.07) is 12.3. The van der Waals surface area contributed by atoms with Crippen LogP contribution in [0.1, 0.15) is 24.7 Å². The third-order valence-electron chi connectivity index (χ3n) is 5.04. The van der Waals surface area contributed by atoms with E-state index < -0.39 is 23.5 Å². The molecule has 2 atom stereocenters. The van der Waals surface area contributed by atoms with Crippen molar-refractivity contribution in [3.8, 4) is 0 Å². The van der Waals surface area contributed by atoms with Gasteiger partial charge in [-0.05, 0) is 37.6 Å². The fourth-order valence-electron chi connectivity index (χ4n) is 3.55. The fraction of sp³-hybridized carbons (Fsp3) is 0.450. The Hall–Kier alpha value is -2.28. The highest BCUT2D eigenvalue weighted by Crippen LogP contribution is 2.46. The van der Waals surface area contributed by atoms with Crippen molar-refractivity contribution in [2.75, 3.05) is 13.1 Å². The Balaban J connectivity index is 1.69. The van der Waals surface area contributed by atoms with Gasteiger partial charge in [-0.2, -0.15) is 13.2 Å². The molecule has 1 N–H and O–H groups in total. The van der Waals surface area contributed by atoms with Crippen molar-refractivity contribution in [2.24, 2.45) is 5.41 Å². The minimum atomic E-state index is -4.60. The van der Waals surface area contributed by atoms with E-state index in [1.807, 2.05) is 30.3 Å². The molecule has 3 rings (SSSR count). The number of alkyl halides is 3. The van der Waals surface area contributed by atoms with Crippen molar-refractivity contribution in [3.63, 3.8) is 0 Å². The van der Waals surface area contributed by atoms with Gasteiger partial charge in [0.15, 0.2) is 5.41 Å². The number of likely N-dealkylation sites (tertiary alicyclic amines) is 1. The first-order valence-electron chi connectivity index (χ1n) is 8.96. The summed E-state index contributed by atoms with van der Waals surface area (Å²) < 4.78 is 46.9. The van der Waals surface area contributed by atoms with Crippen molar-refractivity contribution in [1.82, 2.24) is 10.2 Å². The molecule has 0 spiro atoms. The summed E-state index contributed by atoms with van der Waals surface area (Å²) in [6.45, 7) is 1.98. The monoisotopic (exact) mass is 380 g/mol. The molecule has 27 heavy (non-hydrogen) atoms. The second-order valence-corrected chi connectivity index (χ2v) is 7.18. The maximum atomic E-state index is 13.9. The zero-order chi connectivity index (χ0) is 19.5. The van der Waals surface area contributed by atoms with E-state index in [0.717, 1.165) is 5.56 Å². The number of amides is 1. The average molecular weight is 380 g/mol. The molecule has 1 aromatic heterocycles. The number of hydrogen-bond acceptors (Lipinski definition) is 3. The van der Waals surface area contributed by atoms with Crippen molar-refractivity contribution in [3.05, 3.63) is 60.1 Å². The Labute approximate surface area is 156 Å². The zero-order valence-corrected chi connectivity index (χ0v) is 15.1. The minimum Gasteiger partial charge on any atom is -0.469 e. The van der Waals surface area contributed by atoms with Crippen LogP contribution >= 0.6 is 0 Å². The lowest BCUT2D eigenvalue weighted by atomic mass is 9.84. The summed E-state index contributed by atoms with van der Waals surface area (Å²) in [6.07, 6.45) is -2.99. The van der Waals surface area contributed by atoms with Crippen LogP contribution in [0.25, 0.3) is 0 Å². The molecule has 1 fully saturated rings. The van der Waals surface area contributed by atoms with E-state index in [-0.39, 0.29) is 19.5 Å². The number of nitrogens with zero attached hydrogens (tertiary/aromatic N) is 1. The Morgan fingerprint density at radius 1 is 1.26 bits per heavy atom. The molecule has 1 saturated heterocycles. The van der Waals surface area contributed by atoms with Crippen LogP contribution in [0.15, 0.2) is 53.1 Å². The van der Waals surface area contributed by atoms with Gasteiger partial charge in [0, 0.05) is 25.6 Å². The predicted octanol–water partition coefficient (Wildman–Crippen LogP) is 3.78. The zero-order valence-electron chi connectivity index (χ0n) is 15.1. The van der Waals surface area contributed by atoms with Gasteiger partial charge in [0.2, 0.25) is 5.91 Å². The minimum absolute atomic E-state index is 0.231. The average Bonchev–Trinajstić information content (AvgIpc) is 3.25. The van der Waals surface area contributed by atoms with E-state index in [1.165, 1.54) is 6.26 Å². The molecule has 0 bridgehead atoms. The Morgan fingerprint density at radius 2 is 2.00 bits per heavy atom. The van der Waals surface area contributed by atoms with Gasteiger partial charge in [0.05, 0.1) is 6.26 Å². The van der Waals surface area contributed by atoms with E-state index in [9.17, 15) is 18.0 Å². The first-order valence-corrected chi connectivity index (χ1v) is 8.96. The summed E-state index contributed by atoms with van der Waals surface area (Å²) in [5.74, 6) is -0.328. The van der Waals surface area contributed by atoms with E-state index in [4.69, 9.17) is 4.42 Å². The van der Waals surface area contributed by atoms with Gasteiger partial charge in [-0.1, -0.05) is 30.3 Å². The summed E-state index contributed by atoms with van der Waals surface area (Å²) in [4.78, 5) is 14.4. The molecule has 1 aliphatic heterocycles. The van der Waals surface area contributed by atoms with Crippen LogP contribution < -0.4 is 5.32 Å². The number of benzene rings is 1. The smallest absolute Gasteiger partial charge is 0.404 e. The topological polar surface area (TPSA) is 45.5 Å². The van der Waals surface area contributed by atoms with Crippen LogP contribution in [-0.2, 0) is 17.8 Å². The summed E-state index contributed by atoms with van der Waals surface area (Å²) in [5.41, 5.74) is -1.44. The number of nitrogens with one attached hydrogen (secondary N) is 1. The third kappa shape index (κ3) is 4.35. The lowest BCUT2D eigenvalue weighted by molar-refractivity contribution is -0.218. The van der Waals surface area contributed by atoms with E-state index >= 15 is 0 Å². The highest BCUT2D eigenvalue weighted by molar-refractivity contribution is 5.84. The molecule has 7 heteroatoms. The number of carbonyl (C=O) groups excluding carboxylic acids is 1. The van der Waals surface area contributed by atoms with Crippen LogP contribution in [0.4, 0.5) is 13.2 Å². The SMILES string of the molecule is CC(Cc1ccco1)NC(=O)C1(C(F)(F)F)CCN(Cc2ccccc2)C1. The predicted molar refractivity (Wildman–Crippen MR) is 94.8 cm³/mol. The van der Waals surface area contributed by atoms with Gasteiger partial charge in [-0.25, -0.2) is 0 Å². The molecule has 2 heterocycles. The number of furan rings is 1. The number of carbonyl (C=O) groups is 1. The molecule has 2 aromatic rings. The van der Waals surface area contributed by atoms with Gasteiger partial charge in [0.1, 0.15) is 5.76 Å². The number of halogens is 3. The van der Waals surface area contributed by atoms with Crippen LogP contribution in [0.2, 0.25) is 0 Å². The molecule has 0 radical (unpaired) electrons. The molecule has 1 aromatic carbocycles. The highest BCUT2D eigenvalue weighted by atomic mass is 19.4. The highest BCUT2D eigenvalue weighted by Gasteiger charge is 2.63. The Kier molecular flexibility index (Phi) is 5.60. The molecule has 0 aliphatic carbocycles. The van der Waals surface area contributed by atoms with Crippen LogP contribution in [0.3, 0.4) is 0 Å². The summed E-state index contributed by atoms with van der Waals surface area (Å²) in [5, 5.41) is 2.55. The first-order chi connectivity index (χ1) is 12.8. The van der Waals surface area contributed by atoms with Gasteiger partial charge >= 0.3 is 6.18 Å². The molecule has 1 amide bonds. The van der Waals surface area contributed by atoms with Crippen molar-refractivity contribution in [1.29, 1.82) is 0 Å². The lowest BCUT2D eigenvalue weighted by Gasteiger charge is -2.31. The Bertz CT molecular complexity index is 746. The van der Waals surface area contributed by atoms with Crippen molar-refractivity contribution >= 4 is 5.91 Å². The Morgan fingerprint density at radius 3 is 2.63 bits per heavy atom. The summed E-state index contributed by atoms with van der Waals surface area (Å²) >= 11 is 0. The molecule has 1 aliphatic rings. The van der Waals surface area contributed by atoms with Crippen molar-refractivity contribution < 1.29 is 22.4 Å². The van der Waals surface area contributed by atoms with Gasteiger partial charge < -0.3 is 9.73 Å². The molecule has 0 saturated carbocycles. The van der Waals surface area contributed by atoms with Crippen LogP contribution in [-0.4, -0.2) is 36.1 Å². The van der Waals surface area contributed by atoms with Crippen LogP contribution in [0.5, 0.6) is 0 Å². The second kappa shape index (κ2) is 7.76. The van der Waals surface area contributed by atoms with Crippen molar-refractivity contribution in [2.45, 2.75) is 38.5 Å². The maximum Gasteiger partial charge on any atom is 0.404 e.